The number of rotatable bonds is 5. The average molecular weight is 260 g/mol. The number of H-pyrrole nitrogens is 1. The van der Waals surface area contributed by atoms with E-state index in [4.69, 9.17) is 9.84 Å². The number of carbonyl (C=O) groups is 1. The topological polar surface area (TPSA) is 75.2 Å². The lowest BCUT2D eigenvalue weighted by Gasteiger charge is -2.09. The van der Waals surface area contributed by atoms with E-state index in [1.807, 2.05) is 38.1 Å². The number of carboxylic acids is 1. The van der Waals surface area contributed by atoms with Crippen LogP contribution in [0.3, 0.4) is 0 Å². The van der Waals surface area contributed by atoms with E-state index in [0.29, 0.717) is 5.69 Å². The molecule has 0 spiro atoms. The molecule has 5 nitrogen and oxygen atoms in total. The second kappa shape index (κ2) is 5.56. The number of aromatic nitrogens is 2. The fourth-order valence-corrected chi connectivity index (χ4v) is 1.74. The van der Waals surface area contributed by atoms with Gasteiger partial charge in [0.15, 0.2) is 0 Å². The van der Waals surface area contributed by atoms with Crippen molar-refractivity contribution in [2.24, 2.45) is 0 Å². The standard InChI is InChI=1S/C14H16N2O3/c1-9(2)19-12-5-3-10(4-6-12)13-7-11(15-16-13)8-14(17)18/h3-7,9H,8H2,1-2H3,(H,15,16)(H,17,18). The van der Waals surface area contributed by atoms with Crippen LogP contribution in [0.1, 0.15) is 19.5 Å². The molecular weight excluding hydrogens is 244 g/mol. The summed E-state index contributed by atoms with van der Waals surface area (Å²) in [5.74, 6) is -0.0732. The largest absolute Gasteiger partial charge is 0.491 e. The van der Waals surface area contributed by atoms with Crippen LogP contribution in [0.4, 0.5) is 0 Å². The van der Waals surface area contributed by atoms with Gasteiger partial charge in [0.2, 0.25) is 0 Å². The predicted molar refractivity (Wildman–Crippen MR) is 71.1 cm³/mol. The molecule has 5 heteroatoms. The lowest BCUT2D eigenvalue weighted by atomic mass is 10.1. The van der Waals surface area contributed by atoms with Gasteiger partial charge in [-0.25, -0.2) is 0 Å². The SMILES string of the molecule is CC(C)Oc1ccc(-c2cc(CC(=O)O)[nH]n2)cc1. The highest BCUT2D eigenvalue weighted by molar-refractivity contribution is 5.70. The van der Waals surface area contributed by atoms with Gasteiger partial charge in [0, 0.05) is 11.3 Å². The summed E-state index contributed by atoms with van der Waals surface area (Å²) in [6.45, 7) is 3.94. The molecule has 1 heterocycles. The molecule has 0 unspecified atom stereocenters. The van der Waals surface area contributed by atoms with Crippen LogP contribution in [0.15, 0.2) is 30.3 Å². The van der Waals surface area contributed by atoms with E-state index in [1.165, 1.54) is 0 Å². The van der Waals surface area contributed by atoms with Gasteiger partial charge in [-0.1, -0.05) is 0 Å². The Balaban J connectivity index is 2.13. The lowest BCUT2D eigenvalue weighted by Crippen LogP contribution is -2.05. The fraction of sp³-hybridized carbons (Fsp3) is 0.286. The molecule has 19 heavy (non-hydrogen) atoms. The van der Waals surface area contributed by atoms with Crippen LogP contribution in [0.2, 0.25) is 0 Å². The maximum atomic E-state index is 10.6. The number of carboxylic acid groups (broad SMARTS) is 1. The van der Waals surface area contributed by atoms with Gasteiger partial charge in [-0.05, 0) is 44.2 Å². The van der Waals surface area contributed by atoms with E-state index in [9.17, 15) is 4.79 Å². The smallest absolute Gasteiger partial charge is 0.309 e. The molecule has 2 rings (SSSR count). The van der Waals surface area contributed by atoms with Crippen LogP contribution < -0.4 is 4.74 Å². The molecule has 2 aromatic rings. The minimum Gasteiger partial charge on any atom is -0.491 e. The Hall–Kier alpha value is -2.30. The van der Waals surface area contributed by atoms with Crippen LogP contribution in [0, 0.1) is 0 Å². The lowest BCUT2D eigenvalue weighted by molar-refractivity contribution is -0.136. The maximum absolute atomic E-state index is 10.6. The molecule has 0 atom stereocenters. The summed E-state index contributed by atoms with van der Waals surface area (Å²) in [5.41, 5.74) is 2.24. The second-order valence-corrected chi connectivity index (χ2v) is 4.54. The Labute approximate surface area is 111 Å². The molecule has 0 aliphatic carbocycles. The van der Waals surface area contributed by atoms with Crippen LogP contribution in [0.25, 0.3) is 11.3 Å². The highest BCUT2D eigenvalue weighted by Crippen LogP contribution is 2.22. The Bertz CT molecular complexity index is 558. The van der Waals surface area contributed by atoms with Gasteiger partial charge < -0.3 is 9.84 Å². The molecule has 1 aromatic heterocycles. The van der Waals surface area contributed by atoms with Crippen molar-refractivity contribution in [1.29, 1.82) is 0 Å². The molecule has 0 saturated carbocycles. The molecule has 0 radical (unpaired) electrons. The number of nitrogens with one attached hydrogen (secondary N) is 1. The van der Waals surface area contributed by atoms with Gasteiger partial charge in [0.25, 0.3) is 0 Å². The minimum atomic E-state index is -0.879. The van der Waals surface area contributed by atoms with Crippen molar-refractivity contribution >= 4 is 5.97 Å². The highest BCUT2D eigenvalue weighted by atomic mass is 16.5. The molecule has 0 aliphatic rings. The monoisotopic (exact) mass is 260 g/mol. The van der Waals surface area contributed by atoms with Gasteiger partial charge in [0.05, 0.1) is 18.2 Å². The highest BCUT2D eigenvalue weighted by Gasteiger charge is 2.07. The summed E-state index contributed by atoms with van der Waals surface area (Å²) < 4.78 is 5.56. The quantitative estimate of drug-likeness (QED) is 0.866. The molecule has 0 saturated heterocycles. The van der Waals surface area contributed by atoms with Gasteiger partial charge >= 0.3 is 5.97 Å². The van der Waals surface area contributed by atoms with Gasteiger partial charge in [-0.15, -0.1) is 0 Å². The zero-order chi connectivity index (χ0) is 13.8. The van der Waals surface area contributed by atoms with Crippen molar-refractivity contribution in [3.8, 4) is 17.0 Å². The number of nitrogens with zero attached hydrogens (tertiary/aromatic N) is 1. The number of aromatic amines is 1. The third-order valence-electron chi connectivity index (χ3n) is 2.49. The zero-order valence-corrected chi connectivity index (χ0v) is 10.9. The predicted octanol–water partition coefficient (Wildman–Crippen LogP) is 2.49. The summed E-state index contributed by atoms with van der Waals surface area (Å²) in [5, 5.41) is 15.5. The first-order chi connectivity index (χ1) is 9.04. The van der Waals surface area contributed by atoms with E-state index in [2.05, 4.69) is 10.2 Å². The second-order valence-electron chi connectivity index (χ2n) is 4.54. The molecule has 0 aliphatic heterocycles. The number of ether oxygens (including phenoxy) is 1. The van der Waals surface area contributed by atoms with E-state index in [1.54, 1.807) is 6.07 Å². The molecule has 1 aromatic carbocycles. The molecule has 100 valence electrons. The first-order valence-electron chi connectivity index (χ1n) is 6.08. The summed E-state index contributed by atoms with van der Waals surface area (Å²) in [7, 11) is 0. The number of aliphatic carboxylic acids is 1. The molecule has 0 fully saturated rings. The van der Waals surface area contributed by atoms with E-state index in [0.717, 1.165) is 17.0 Å². The third kappa shape index (κ3) is 3.58. The van der Waals surface area contributed by atoms with Crippen LogP contribution >= 0.6 is 0 Å². The first kappa shape index (κ1) is 13.1. The number of hydrogen-bond acceptors (Lipinski definition) is 3. The van der Waals surface area contributed by atoms with Crippen molar-refractivity contribution in [2.75, 3.05) is 0 Å². The molecule has 0 bridgehead atoms. The molecule has 2 N–H and O–H groups in total. The summed E-state index contributed by atoms with van der Waals surface area (Å²) >= 11 is 0. The Morgan fingerprint density at radius 3 is 2.63 bits per heavy atom. The van der Waals surface area contributed by atoms with Crippen molar-refractivity contribution in [3.63, 3.8) is 0 Å². The molecule has 0 amide bonds. The zero-order valence-electron chi connectivity index (χ0n) is 10.9. The van der Waals surface area contributed by atoms with Crippen molar-refractivity contribution in [1.82, 2.24) is 10.2 Å². The van der Waals surface area contributed by atoms with E-state index in [-0.39, 0.29) is 12.5 Å². The van der Waals surface area contributed by atoms with Gasteiger partial charge in [-0.2, -0.15) is 5.10 Å². The molecular formula is C14H16N2O3. The Morgan fingerprint density at radius 1 is 1.37 bits per heavy atom. The van der Waals surface area contributed by atoms with Crippen LogP contribution in [-0.2, 0) is 11.2 Å². The maximum Gasteiger partial charge on any atom is 0.309 e. The van der Waals surface area contributed by atoms with E-state index >= 15 is 0 Å². The average Bonchev–Trinajstić information content (AvgIpc) is 2.76. The first-order valence-corrected chi connectivity index (χ1v) is 6.08. The van der Waals surface area contributed by atoms with Crippen LogP contribution in [-0.4, -0.2) is 27.4 Å². The minimum absolute atomic E-state index is 0.0540. The van der Waals surface area contributed by atoms with Crippen molar-refractivity contribution < 1.29 is 14.6 Å². The summed E-state index contributed by atoms with van der Waals surface area (Å²) in [6, 6.07) is 9.30. The van der Waals surface area contributed by atoms with Crippen molar-refractivity contribution in [3.05, 3.63) is 36.0 Å². The van der Waals surface area contributed by atoms with Gasteiger partial charge in [0.1, 0.15) is 5.75 Å². The van der Waals surface area contributed by atoms with E-state index < -0.39 is 5.97 Å². The van der Waals surface area contributed by atoms with Gasteiger partial charge in [-0.3, -0.25) is 9.89 Å². The fourth-order valence-electron chi connectivity index (χ4n) is 1.74. The third-order valence-corrected chi connectivity index (χ3v) is 2.49. The normalized spacial score (nSPS) is 10.7. The number of benzene rings is 1. The van der Waals surface area contributed by atoms with Crippen molar-refractivity contribution in [2.45, 2.75) is 26.4 Å². The Morgan fingerprint density at radius 2 is 2.05 bits per heavy atom. The summed E-state index contributed by atoms with van der Waals surface area (Å²) in [6.07, 6.45) is 0.0834. The Kier molecular flexibility index (Phi) is 3.85. The number of hydrogen-bond donors (Lipinski definition) is 2. The van der Waals surface area contributed by atoms with Crippen LogP contribution in [0.5, 0.6) is 5.75 Å². The summed E-state index contributed by atoms with van der Waals surface area (Å²) in [4.78, 5) is 10.6.